The summed E-state index contributed by atoms with van der Waals surface area (Å²) < 4.78 is 16.0. The van der Waals surface area contributed by atoms with E-state index in [-0.39, 0.29) is 84.3 Å². The molecular weight excluding hydrogens is 2530 g/mol. The van der Waals surface area contributed by atoms with Gasteiger partial charge in [-0.05, 0) is 118 Å². The number of benzene rings is 16. The van der Waals surface area contributed by atoms with Crippen LogP contribution in [0.3, 0.4) is 0 Å². The van der Waals surface area contributed by atoms with E-state index in [2.05, 4.69) is 275 Å². The first kappa shape index (κ1) is 103. The van der Waals surface area contributed by atoms with E-state index < -0.39 is 0 Å². The number of nitrogens with zero attached hydrogens (tertiary/aromatic N) is 14. The maximum Gasteiger partial charge on any atom is 0.136 e. The number of para-hydroxylation sites is 4. The Morgan fingerprint density at radius 1 is 0.290 bits per heavy atom. The number of imidazole rings is 1. The minimum Gasteiger partial charge on any atom is -0.707 e. The minimum atomic E-state index is 0. The number of aryl methyl sites for hydroxylation is 3. The molecule has 0 aliphatic carbocycles. The molecule has 0 atom stereocenters. The van der Waals surface area contributed by atoms with E-state index >= 15 is 0 Å². The van der Waals surface area contributed by atoms with Crippen molar-refractivity contribution in [3.63, 3.8) is 0 Å². The van der Waals surface area contributed by atoms with Gasteiger partial charge >= 0.3 is 0 Å². The van der Waals surface area contributed by atoms with Gasteiger partial charge in [-0.25, -0.2) is 22.8 Å². The zero-order chi connectivity index (χ0) is 95.5. The SMILES string of the molecule is Cc1cc(C)n(-c2[c-]cccc2)n1.Cn1ccnc1-c1[c-]cccc1.[Pt].[Pt].[Pt].[Pt].[c-]1ccccc1-c1cc(-c2ccc(-c3ccccc3)cc2)c[n-]1.[c-]1ccccc1-c1cc(-c2ccc(-c3ccccc3)cc2)c[n-]1.[c-]1ccccc1-c1cc(-c2ccc3c(c2)oc2ccccc23)n[n-]1.[c-]1ccccc1-c1cc(-c2ccc3c(c2)sc2ccccc23)n[n-]1.[c-]1ccccc1-n1cccn1.[c-]1ccccc1-n1cccn1. The predicted octanol–water partition coefficient (Wildman–Crippen LogP) is 29.0. The number of hydrogen-bond acceptors (Lipinski definition) is 8. The van der Waals surface area contributed by atoms with Gasteiger partial charge in [0.1, 0.15) is 11.2 Å². The molecule has 0 aliphatic rings. The Kier molecular flexibility index (Phi) is 36.9. The summed E-state index contributed by atoms with van der Waals surface area (Å²) in [5.74, 6) is 0.954. The smallest absolute Gasteiger partial charge is 0.136 e. The van der Waals surface area contributed by atoms with Gasteiger partial charge in [-0.3, -0.25) is 19.0 Å². The van der Waals surface area contributed by atoms with Gasteiger partial charge in [-0.2, -0.15) is 123 Å². The van der Waals surface area contributed by atoms with Gasteiger partial charge in [-0.15, -0.1) is 199 Å². The number of furan rings is 1. The van der Waals surface area contributed by atoms with Gasteiger partial charge < -0.3 is 39.3 Å². The molecule has 0 spiro atoms. The van der Waals surface area contributed by atoms with Gasteiger partial charge in [0.2, 0.25) is 0 Å². The van der Waals surface area contributed by atoms with Crippen molar-refractivity contribution in [2.24, 2.45) is 7.05 Å². The van der Waals surface area contributed by atoms with Gasteiger partial charge in [0.15, 0.2) is 0 Å². The topological polar surface area (TPSA) is 167 Å². The van der Waals surface area contributed by atoms with E-state index in [0.717, 1.165) is 140 Å². The molecule has 0 bridgehead atoms. The van der Waals surface area contributed by atoms with Crippen LogP contribution in [0.2, 0.25) is 0 Å². The van der Waals surface area contributed by atoms with Crippen LogP contribution in [-0.4, -0.2) is 49.1 Å². The third-order valence-corrected chi connectivity index (χ3v) is 24.0. The van der Waals surface area contributed by atoms with Crippen LogP contribution >= 0.6 is 11.3 Å². The fourth-order valence-corrected chi connectivity index (χ4v) is 17.0. The van der Waals surface area contributed by atoms with Gasteiger partial charge in [0, 0.05) is 182 Å². The van der Waals surface area contributed by atoms with Crippen molar-refractivity contribution >= 4 is 53.4 Å². The Morgan fingerprint density at radius 3 is 1.10 bits per heavy atom. The summed E-state index contributed by atoms with van der Waals surface area (Å²) in [6, 6.07) is 169. The molecule has 10 aromatic heterocycles. The normalized spacial score (nSPS) is 10.4. The molecule has 0 fully saturated rings. The van der Waals surface area contributed by atoms with E-state index in [1.165, 1.54) is 53.6 Å². The number of fused-ring (bicyclic) bond motifs is 6. The van der Waals surface area contributed by atoms with Crippen LogP contribution in [0, 0.1) is 62.4 Å². The molecule has 0 saturated heterocycles. The Balaban J connectivity index is 0.000000126. The Bertz CT molecular complexity index is 7920. The molecule has 0 unspecified atom stereocenters. The fourth-order valence-electron chi connectivity index (χ4n) is 15.8. The predicted molar refractivity (Wildman–Crippen MR) is 569 cm³/mol. The van der Waals surface area contributed by atoms with E-state index in [1.54, 1.807) is 28.0 Å². The van der Waals surface area contributed by atoms with Crippen LogP contribution in [0.5, 0.6) is 0 Å². The van der Waals surface area contributed by atoms with E-state index in [9.17, 15) is 0 Å². The van der Waals surface area contributed by atoms with Crippen LogP contribution in [0.4, 0.5) is 0 Å². The van der Waals surface area contributed by atoms with E-state index in [1.807, 2.05) is 327 Å². The van der Waals surface area contributed by atoms with Crippen molar-refractivity contribution in [1.29, 1.82) is 0 Å². The Hall–Kier alpha value is -15.9. The second kappa shape index (κ2) is 51.7. The summed E-state index contributed by atoms with van der Waals surface area (Å²) in [5, 5.41) is 34.6. The van der Waals surface area contributed by atoms with Gasteiger partial charge in [-0.1, -0.05) is 187 Å². The fraction of sp³-hybridized carbons (Fsp3) is 0.0240. The summed E-state index contributed by atoms with van der Waals surface area (Å²) in [5.41, 5.74) is 28.9. The number of aromatic nitrogens is 14. The average molecular weight is 2610 g/mol. The van der Waals surface area contributed by atoms with Crippen molar-refractivity contribution < 1.29 is 88.7 Å². The summed E-state index contributed by atoms with van der Waals surface area (Å²) in [6.45, 7) is 4.04. The molecule has 26 aromatic rings. The van der Waals surface area contributed by atoms with Crippen LogP contribution < -0.4 is 20.2 Å². The number of hydrogen-bond donors (Lipinski definition) is 0. The molecule has 10 heterocycles. The number of thiophene rings is 1. The third kappa shape index (κ3) is 26.7. The first-order valence-corrected chi connectivity index (χ1v) is 46.6. The molecule has 0 amide bonds. The van der Waals surface area contributed by atoms with Crippen LogP contribution in [0.1, 0.15) is 11.4 Å². The van der Waals surface area contributed by atoms with Crippen molar-refractivity contribution in [3.05, 3.63) is 540 Å². The van der Waals surface area contributed by atoms with Crippen LogP contribution in [0.25, 0.3) is 183 Å². The van der Waals surface area contributed by atoms with Crippen molar-refractivity contribution in [3.8, 4) is 141 Å². The van der Waals surface area contributed by atoms with Gasteiger partial charge in [0.25, 0.3) is 0 Å². The summed E-state index contributed by atoms with van der Waals surface area (Å²) >= 11 is 1.82. The molecule has 0 saturated carbocycles. The van der Waals surface area contributed by atoms with Gasteiger partial charge in [0.05, 0.1) is 11.5 Å². The third-order valence-electron chi connectivity index (χ3n) is 22.9. The molecule has 26 rings (SSSR count). The van der Waals surface area contributed by atoms with Crippen molar-refractivity contribution in [1.82, 2.24) is 69.3 Å². The molecule has 722 valence electrons. The maximum atomic E-state index is 5.95. The van der Waals surface area contributed by atoms with Crippen molar-refractivity contribution in [2.75, 3.05) is 0 Å². The molecule has 15 nitrogen and oxygen atoms in total. The first-order valence-electron chi connectivity index (χ1n) is 45.8. The average Bonchev–Trinajstić information content (AvgIpc) is 1.63. The zero-order valence-corrected chi connectivity index (χ0v) is 88.4. The van der Waals surface area contributed by atoms with E-state index in [4.69, 9.17) is 4.42 Å². The molecule has 0 N–H and O–H groups in total. The zero-order valence-electron chi connectivity index (χ0n) is 78.5. The Labute approximate surface area is 904 Å². The maximum absolute atomic E-state index is 5.95. The number of rotatable bonds is 14. The summed E-state index contributed by atoms with van der Waals surface area (Å²) in [4.78, 5) is 13.2. The molecule has 0 radical (unpaired) electrons. The van der Waals surface area contributed by atoms with Crippen LogP contribution in [0.15, 0.2) is 485 Å². The molecule has 145 heavy (non-hydrogen) atoms. The molecule has 20 heteroatoms. The summed E-state index contributed by atoms with van der Waals surface area (Å²) in [6.07, 6.45) is 14.9. The molecular formula is C125H88N14OPt4S-12. The monoisotopic (exact) mass is 2610 g/mol. The second-order valence-electron chi connectivity index (χ2n) is 32.4. The quantitative estimate of drug-likeness (QED) is 0.0951. The first-order chi connectivity index (χ1) is 69.6. The minimum absolute atomic E-state index is 0. The Morgan fingerprint density at radius 2 is 0.669 bits per heavy atom. The standard InChI is InChI=1S/2C22H15N.C21H12N2O.C21H12N2S.C11H11N2.C10H9N2.2C9H7N2.4Pt/c2*1-3-7-17(8-4-1)18-11-13-19(14-12-18)21-15-22(23-16-21)20-9-5-2-6-10-20;2*1-2-6-14(7-3-1)18-13-19(23-22-18)15-10-11-17-16-8-4-5-9-20(16)24-21(17)12-15;1-9-8-10(2)13(12-9)11-6-4-3-5-7-11;1-12-8-7-11-10(12)9-5-3-2-4-6-9;2*1-2-5-9(6-3-1)11-8-4-7-10-11;;;;/h2*1-9,11-16H;2*1-6,8-13H;3-6,8H,1-2H3;2-5,7-8H,1H3;2*1-5,7-8H;;;;/q4*-2;4*-1;;;;. The van der Waals surface area contributed by atoms with Crippen molar-refractivity contribution in [2.45, 2.75) is 13.8 Å². The second-order valence-corrected chi connectivity index (χ2v) is 33.5. The largest absolute Gasteiger partial charge is 0.707 e. The van der Waals surface area contributed by atoms with Crippen LogP contribution in [-0.2, 0) is 91.3 Å². The summed E-state index contributed by atoms with van der Waals surface area (Å²) in [7, 11) is 1.98. The molecule has 0 aliphatic heterocycles. The molecule has 16 aromatic carbocycles. The van der Waals surface area contributed by atoms with E-state index in [0.29, 0.717) is 0 Å².